The second-order valence-electron chi connectivity index (χ2n) is 8.78. The number of benzene rings is 1. The lowest BCUT2D eigenvalue weighted by atomic mass is 10.00. The van der Waals surface area contributed by atoms with Gasteiger partial charge < -0.3 is 10.1 Å². The van der Waals surface area contributed by atoms with Gasteiger partial charge in [-0.2, -0.15) is 0 Å². The van der Waals surface area contributed by atoms with E-state index in [0.29, 0.717) is 0 Å². The highest BCUT2D eigenvalue weighted by Gasteiger charge is 2.31. The molecule has 0 saturated carbocycles. The summed E-state index contributed by atoms with van der Waals surface area (Å²) >= 11 is 0. The first-order valence-corrected chi connectivity index (χ1v) is 10.6. The van der Waals surface area contributed by atoms with Crippen LogP contribution in [0.15, 0.2) is 55.0 Å². The van der Waals surface area contributed by atoms with E-state index in [1.807, 2.05) is 24.4 Å². The van der Waals surface area contributed by atoms with Crippen LogP contribution in [0.2, 0.25) is 0 Å². The van der Waals surface area contributed by atoms with E-state index in [-0.39, 0.29) is 11.6 Å². The second kappa shape index (κ2) is 7.69. The summed E-state index contributed by atoms with van der Waals surface area (Å²) in [7, 11) is 0. The van der Waals surface area contributed by atoms with E-state index in [1.165, 1.54) is 17.5 Å². The van der Waals surface area contributed by atoms with E-state index in [2.05, 4.69) is 52.2 Å². The number of likely N-dealkylation sites (tertiary alicyclic amines) is 1. The van der Waals surface area contributed by atoms with Gasteiger partial charge in [-0.3, -0.25) is 9.88 Å². The minimum Gasteiger partial charge on any atom is -0.487 e. The van der Waals surface area contributed by atoms with Gasteiger partial charge in [0.1, 0.15) is 23.0 Å². The molecule has 2 aliphatic rings. The summed E-state index contributed by atoms with van der Waals surface area (Å²) in [5.74, 6) is 2.53. The van der Waals surface area contributed by atoms with Gasteiger partial charge >= 0.3 is 0 Å². The molecular formula is C24H27N5O. The van der Waals surface area contributed by atoms with Gasteiger partial charge in [-0.25, -0.2) is 9.97 Å². The van der Waals surface area contributed by atoms with Crippen LogP contribution in [0.5, 0.6) is 5.75 Å². The molecule has 3 aromatic rings. The van der Waals surface area contributed by atoms with Gasteiger partial charge in [-0.1, -0.05) is 18.2 Å². The summed E-state index contributed by atoms with van der Waals surface area (Å²) in [5, 5.41) is 3.25. The van der Waals surface area contributed by atoms with Gasteiger partial charge in [0.25, 0.3) is 0 Å². The Balaban J connectivity index is 1.32. The van der Waals surface area contributed by atoms with E-state index >= 15 is 0 Å². The molecule has 1 N–H and O–H groups in total. The summed E-state index contributed by atoms with van der Waals surface area (Å²) < 4.78 is 6.03. The zero-order valence-corrected chi connectivity index (χ0v) is 17.5. The highest BCUT2D eigenvalue weighted by molar-refractivity contribution is 5.50. The number of fused-ring (bicyclic) bond motifs is 1. The smallest absolute Gasteiger partial charge is 0.150 e. The number of rotatable bonds is 5. The molecule has 1 atom stereocenters. The highest BCUT2D eigenvalue weighted by atomic mass is 16.5. The minimum absolute atomic E-state index is 0.103. The Labute approximate surface area is 177 Å². The van der Waals surface area contributed by atoms with Crippen molar-refractivity contribution in [1.29, 1.82) is 0 Å². The Bertz CT molecular complexity index is 1040. The number of hydrogen-bond acceptors (Lipinski definition) is 6. The summed E-state index contributed by atoms with van der Waals surface area (Å²) in [6, 6.07) is 12.7. The second-order valence-corrected chi connectivity index (χ2v) is 8.78. The SMILES string of the molecule is CC1(C)Cc2cc(CN3CCC[C@H]3c3cncc(Nc4ccccn4)n3)ccc2O1. The molecule has 6 nitrogen and oxygen atoms in total. The first kappa shape index (κ1) is 19.0. The van der Waals surface area contributed by atoms with Crippen molar-refractivity contribution >= 4 is 11.6 Å². The van der Waals surface area contributed by atoms with Gasteiger partial charge in [-0.05, 0) is 62.6 Å². The molecule has 1 fully saturated rings. The van der Waals surface area contributed by atoms with Crippen LogP contribution in [0, 0.1) is 0 Å². The molecule has 1 saturated heterocycles. The zero-order valence-electron chi connectivity index (χ0n) is 17.5. The zero-order chi connectivity index (χ0) is 20.6. The Morgan fingerprint density at radius 3 is 2.97 bits per heavy atom. The van der Waals surface area contributed by atoms with Gasteiger partial charge in [0.05, 0.1) is 24.1 Å². The molecule has 2 aliphatic heterocycles. The van der Waals surface area contributed by atoms with Crippen molar-refractivity contribution in [2.75, 3.05) is 11.9 Å². The highest BCUT2D eigenvalue weighted by Crippen LogP contribution is 2.37. The third-order valence-corrected chi connectivity index (χ3v) is 5.79. The third-order valence-electron chi connectivity index (χ3n) is 5.79. The van der Waals surface area contributed by atoms with Crippen molar-refractivity contribution in [3.05, 3.63) is 71.8 Å². The van der Waals surface area contributed by atoms with Crippen molar-refractivity contribution in [3.63, 3.8) is 0 Å². The molecule has 0 spiro atoms. The number of ether oxygens (including phenoxy) is 1. The van der Waals surface area contributed by atoms with Crippen molar-refractivity contribution in [3.8, 4) is 5.75 Å². The fourth-order valence-corrected chi connectivity index (χ4v) is 4.52. The molecule has 5 rings (SSSR count). The molecule has 0 unspecified atom stereocenters. The van der Waals surface area contributed by atoms with Gasteiger partial charge in [0, 0.05) is 19.2 Å². The lowest BCUT2D eigenvalue weighted by molar-refractivity contribution is 0.138. The Hall–Kier alpha value is -2.99. The maximum Gasteiger partial charge on any atom is 0.150 e. The van der Waals surface area contributed by atoms with Crippen LogP contribution in [0.3, 0.4) is 0 Å². The fourth-order valence-electron chi connectivity index (χ4n) is 4.52. The number of hydrogen-bond donors (Lipinski definition) is 1. The predicted octanol–water partition coefficient (Wildman–Crippen LogP) is 4.67. The predicted molar refractivity (Wildman–Crippen MR) is 117 cm³/mol. The Kier molecular flexibility index (Phi) is 4.87. The average Bonchev–Trinajstić information content (AvgIpc) is 3.31. The van der Waals surface area contributed by atoms with Crippen molar-refractivity contribution < 1.29 is 4.74 Å². The molecule has 4 heterocycles. The fraction of sp³-hybridized carbons (Fsp3) is 0.375. The molecule has 0 amide bonds. The maximum atomic E-state index is 6.03. The van der Waals surface area contributed by atoms with Crippen LogP contribution in [0.25, 0.3) is 0 Å². The summed E-state index contributed by atoms with van der Waals surface area (Å²) in [6.45, 7) is 6.28. The van der Waals surface area contributed by atoms with Gasteiger partial charge in [0.2, 0.25) is 0 Å². The summed E-state index contributed by atoms with van der Waals surface area (Å²) in [6.07, 6.45) is 8.65. The number of nitrogens with zero attached hydrogens (tertiary/aromatic N) is 4. The van der Waals surface area contributed by atoms with E-state index in [1.54, 1.807) is 12.4 Å². The van der Waals surface area contributed by atoms with Crippen molar-refractivity contribution in [2.24, 2.45) is 0 Å². The molecule has 0 aliphatic carbocycles. The lowest BCUT2D eigenvalue weighted by Crippen LogP contribution is -2.24. The first-order valence-electron chi connectivity index (χ1n) is 10.6. The summed E-state index contributed by atoms with van der Waals surface area (Å²) in [5.41, 5.74) is 3.56. The van der Waals surface area contributed by atoms with Crippen LogP contribution in [-0.4, -0.2) is 32.0 Å². The standard InChI is InChI=1S/C24H27N5O/c1-24(2)13-18-12-17(8-9-21(18)30-24)16-29-11-5-6-20(29)19-14-25-15-23(27-19)28-22-7-3-4-10-26-22/h3-4,7-10,12,14-15,20H,5-6,11,13,16H2,1-2H3,(H,26,27,28)/t20-/m0/s1. The van der Waals surface area contributed by atoms with Crippen LogP contribution in [0.1, 0.15) is 49.6 Å². The van der Waals surface area contributed by atoms with E-state index in [4.69, 9.17) is 9.72 Å². The van der Waals surface area contributed by atoms with Crippen LogP contribution >= 0.6 is 0 Å². The normalized spacial score (nSPS) is 20.0. The number of anilines is 2. The third kappa shape index (κ3) is 4.00. The molecular weight excluding hydrogens is 374 g/mol. The maximum absolute atomic E-state index is 6.03. The van der Waals surface area contributed by atoms with Gasteiger partial charge in [0.15, 0.2) is 0 Å². The quantitative estimate of drug-likeness (QED) is 0.671. The monoisotopic (exact) mass is 401 g/mol. The van der Waals surface area contributed by atoms with E-state index < -0.39 is 0 Å². The molecule has 0 bridgehead atoms. The van der Waals surface area contributed by atoms with Crippen LogP contribution < -0.4 is 10.1 Å². The van der Waals surface area contributed by atoms with E-state index in [9.17, 15) is 0 Å². The molecule has 2 aromatic heterocycles. The Morgan fingerprint density at radius 2 is 2.10 bits per heavy atom. The average molecular weight is 402 g/mol. The lowest BCUT2D eigenvalue weighted by Gasteiger charge is -2.24. The molecule has 154 valence electrons. The van der Waals surface area contributed by atoms with E-state index in [0.717, 1.165) is 49.0 Å². The number of nitrogens with one attached hydrogen (secondary N) is 1. The topological polar surface area (TPSA) is 63.2 Å². The first-order chi connectivity index (χ1) is 14.6. The number of aromatic nitrogens is 3. The van der Waals surface area contributed by atoms with Crippen molar-refractivity contribution in [2.45, 2.75) is 51.3 Å². The van der Waals surface area contributed by atoms with Crippen molar-refractivity contribution in [1.82, 2.24) is 19.9 Å². The molecule has 30 heavy (non-hydrogen) atoms. The number of pyridine rings is 1. The minimum atomic E-state index is -0.103. The Morgan fingerprint density at radius 1 is 1.17 bits per heavy atom. The largest absolute Gasteiger partial charge is 0.487 e. The molecule has 6 heteroatoms. The molecule has 1 aromatic carbocycles. The van der Waals surface area contributed by atoms with Crippen LogP contribution in [-0.2, 0) is 13.0 Å². The molecule has 0 radical (unpaired) electrons. The van der Waals surface area contributed by atoms with Crippen LogP contribution in [0.4, 0.5) is 11.6 Å². The summed E-state index contributed by atoms with van der Waals surface area (Å²) in [4.78, 5) is 16.1. The van der Waals surface area contributed by atoms with Gasteiger partial charge in [-0.15, -0.1) is 0 Å².